The highest BCUT2D eigenvalue weighted by atomic mass is 32.1. The van der Waals surface area contributed by atoms with Crippen LogP contribution in [0.5, 0.6) is 0 Å². The second-order valence-electron chi connectivity index (χ2n) is 10.0. The molecule has 1 unspecified atom stereocenters. The van der Waals surface area contributed by atoms with E-state index in [9.17, 15) is 9.59 Å². The molecule has 0 radical (unpaired) electrons. The maximum absolute atomic E-state index is 12.5. The average molecular weight is 512 g/mol. The Morgan fingerprint density at radius 2 is 1.47 bits per heavy atom. The maximum atomic E-state index is 12.5. The van der Waals surface area contributed by atoms with E-state index in [1.54, 1.807) is 12.1 Å². The molecule has 0 aliphatic rings. The van der Waals surface area contributed by atoms with Gasteiger partial charge in [-0.25, -0.2) is 0 Å². The van der Waals surface area contributed by atoms with Gasteiger partial charge in [0.05, 0.1) is 0 Å². The van der Waals surface area contributed by atoms with Crippen molar-refractivity contribution >= 4 is 40.5 Å². The minimum atomic E-state index is -0.264. The summed E-state index contributed by atoms with van der Waals surface area (Å²) in [6.07, 6.45) is 4.60. The number of hydrogen-bond donors (Lipinski definition) is 5. The summed E-state index contributed by atoms with van der Waals surface area (Å²) in [6.45, 7) is 7.34. The number of amides is 2. The van der Waals surface area contributed by atoms with Crippen molar-refractivity contribution in [3.05, 3.63) is 59.7 Å². The van der Waals surface area contributed by atoms with Gasteiger partial charge in [0.2, 0.25) is 5.91 Å². The fourth-order valence-electron chi connectivity index (χ4n) is 3.77. The van der Waals surface area contributed by atoms with Crippen LogP contribution < -0.4 is 26.6 Å². The van der Waals surface area contributed by atoms with Crippen LogP contribution in [-0.4, -0.2) is 43.6 Å². The summed E-state index contributed by atoms with van der Waals surface area (Å²) in [7, 11) is 3.93. The Morgan fingerprint density at radius 3 is 2.03 bits per heavy atom. The first kappa shape index (κ1) is 29.4. The highest BCUT2D eigenvalue weighted by Crippen LogP contribution is 2.22. The molecule has 2 aromatic rings. The summed E-state index contributed by atoms with van der Waals surface area (Å²) in [5.74, 6) is -0.253. The molecule has 0 saturated heterocycles. The molecule has 0 aliphatic carbocycles. The van der Waals surface area contributed by atoms with E-state index in [4.69, 9.17) is 12.2 Å². The largest absolute Gasteiger partial charge is 0.332 e. The first-order valence-corrected chi connectivity index (χ1v) is 13.0. The van der Waals surface area contributed by atoms with Gasteiger partial charge in [-0.05, 0) is 86.5 Å². The zero-order chi connectivity index (χ0) is 26.6. The molecule has 2 rings (SSSR count). The molecule has 7 nitrogen and oxygen atoms in total. The molecule has 1 atom stereocenters. The molecule has 0 spiro atoms. The van der Waals surface area contributed by atoms with Crippen molar-refractivity contribution in [3.8, 4) is 0 Å². The first-order valence-electron chi connectivity index (χ1n) is 12.6. The van der Waals surface area contributed by atoms with Gasteiger partial charge in [-0.15, -0.1) is 0 Å². The van der Waals surface area contributed by atoms with E-state index >= 15 is 0 Å². The number of hydrogen-bond acceptors (Lipinski definition) is 5. The number of rotatable bonds is 12. The number of carbonyl (C=O) groups is 2. The molecule has 5 N–H and O–H groups in total. The molecule has 2 aromatic carbocycles. The molecule has 0 fully saturated rings. The van der Waals surface area contributed by atoms with Crippen LogP contribution in [0.4, 0.5) is 11.4 Å². The Balaban J connectivity index is 1.73. The van der Waals surface area contributed by atoms with E-state index in [-0.39, 0.29) is 22.3 Å². The summed E-state index contributed by atoms with van der Waals surface area (Å²) in [4.78, 5) is 24.7. The maximum Gasteiger partial charge on any atom is 0.257 e. The van der Waals surface area contributed by atoms with Gasteiger partial charge in [0.25, 0.3) is 5.91 Å². The molecule has 36 heavy (non-hydrogen) atoms. The lowest BCUT2D eigenvalue weighted by atomic mass is 9.87. The summed E-state index contributed by atoms with van der Waals surface area (Å²) < 4.78 is 0. The number of thiocarbonyl (C=S) groups is 1. The van der Waals surface area contributed by atoms with E-state index in [1.165, 1.54) is 0 Å². The minimum absolute atomic E-state index is 0.0105. The van der Waals surface area contributed by atoms with E-state index in [0.29, 0.717) is 18.0 Å². The molecule has 0 heterocycles. The normalized spacial score (nSPS) is 12.0. The van der Waals surface area contributed by atoms with Crippen LogP contribution in [0.2, 0.25) is 0 Å². The number of carbonyl (C=O) groups excluding carboxylic acids is 2. The summed E-state index contributed by atoms with van der Waals surface area (Å²) in [6, 6.07) is 15.2. The summed E-state index contributed by atoms with van der Waals surface area (Å²) >= 11 is 5.29. The van der Waals surface area contributed by atoms with Crippen LogP contribution in [0.15, 0.2) is 48.5 Å². The van der Waals surface area contributed by atoms with Crippen molar-refractivity contribution in [2.75, 3.05) is 31.3 Å². The standard InChI is InChI=1S/C28H41N5O2S/c1-28(2,3)21-13-11-20(12-14-21)26(35)33-27(36)32-23-17-15-22(16-18-23)31-25(34)10-8-6-7-9-24(30-5)19-29-4/h11-18,24,29-30H,6-10,19H2,1-5H3,(H,31,34)(H2,32,33,35,36). The Hall–Kier alpha value is -2.81. The molecule has 0 aromatic heterocycles. The number of likely N-dealkylation sites (N-methyl/N-ethyl adjacent to an activating group) is 2. The number of nitrogens with one attached hydrogen (secondary N) is 5. The summed E-state index contributed by atoms with van der Waals surface area (Å²) in [5.41, 5.74) is 3.19. The van der Waals surface area contributed by atoms with Gasteiger partial charge in [0, 0.05) is 35.9 Å². The highest BCUT2D eigenvalue weighted by molar-refractivity contribution is 7.80. The molecular weight excluding hydrogens is 470 g/mol. The molecule has 0 saturated carbocycles. The van der Waals surface area contributed by atoms with Crippen LogP contribution in [-0.2, 0) is 10.2 Å². The zero-order valence-electron chi connectivity index (χ0n) is 22.2. The number of anilines is 2. The third-order valence-corrected chi connectivity index (χ3v) is 6.19. The Labute approximate surface area is 221 Å². The smallest absolute Gasteiger partial charge is 0.257 e. The second-order valence-corrected chi connectivity index (χ2v) is 10.4. The fourth-order valence-corrected chi connectivity index (χ4v) is 3.98. The lowest BCUT2D eigenvalue weighted by molar-refractivity contribution is -0.116. The van der Waals surface area contributed by atoms with E-state index in [1.807, 2.05) is 50.5 Å². The van der Waals surface area contributed by atoms with Crippen molar-refractivity contribution in [1.29, 1.82) is 0 Å². The molecule has 8 heteroatoms. The van der Waals surface area contributed by atoms with E-state index in [0.717, 1.165) is 49.2 Å². The van der Waals surface area contributed by atoms with Crippen molar-refractivity contribution < 1.29 is 9.59 Å². The van der Waals surface area contributed by atoms with Gasteiger partial charge < -0.3 is 21.3 Å². The lowest BCUT2D eigenvalue weighted by Crippen LogP contribution is -2.34. The molecule has 196 valence electrons. The summed E-state index contributed by atoms with van der Waals surface area (Å²) in [5, 5.41) is 15.3. The highest BCUT2D eigenvalue weighted by Gasteiger charge is 2.15. The zero-order valence-corrected chi connectivity index (χ0v) is 23.0. The van der Waals surface area contributed by atoms with Gasteiger partial charge in [-0.3, -0.25) is 14.9 Å². The van der Waals surface area contributed by atoms with Gasteiger partial charge in [-0.2, -0.15) is 0 Å². The number of unbranched alkanes of at least 4 members (excludes halogenated alkanes) is 2. The monoisotopic (exact) mass is 511 g/mol. The SMILES string of the molecule is CNCC(CCCCCC(=O)Nc1ccc(NC(=S)NC(=O)c2ccc(C(C)(C)C)cc2)cc1)NC. The predicted octanol–water partition coefficient (Wildman–Crippen LogP) is 4.81. The van der Waals surface area contributed by atoms with E-state index in [2.05, 4.69) is 47.4 Å². The predicted molar refractivity (Wildman–Crippen MR) is 154 cm³/mol. The van der Waals surface area contributed by atoms with Gasteiger partial charge in [0.1, 0.15) is 0 Å². The van der Waals surface area contributed by atoms with Gasteiger partial charge in [-0.1, -0.05) is 45.7 Å². The Morgan fingerprint density at radius 1 is 0.861 bits per heavy atom. The van der Waals surface area contributed by atoms with Crippen molar-refractivity contribution in [1.82, 2.24) is 16.0 Å². The van der Waals surface area contributed by atoms with Gasteiger partial charge >= 0.3 is 0 Å². The lowest BCUT2D eigenvalue weighted by Gasteiger charge is -2.19. The quantitative estimate of drug-likeness (QED) is 0.207. The van der Waals surface area contributed by atoms with Crippen molar-refractivity contribution in [2.45, 2.75) is 64.3 Å². The van der Waals surface area contributed by atoms with Crippen LogP contribution in [0.3, 0.4) is 0 Å². The molecule has 2 amide bonds. The molecule has 0 aliphatic heterocycles. The van der Waals surface area contributed by atoms with Crippen molar-refractivity contribution in [2.24, 2.45) is 0 Å². The topological polar surface area (TPSA) is 94.3 Å². The molecular formula is C28H41N5O2S. The van der Waals surface area contributed by atoms with Crippen LogP contribution in [0.25, 0.3) is 0 Å². The Bertz CT molecular complexity index is 984. The first-order chi connectivity index (χ1) is 17.1. The fraction of sp³-hybridized carbons (Fsp3) is 0.464. The van der Waals surface area contributed by atoms with Crippen LogP contribution in [0.1, 0.15) is 68.8 Å². The van der Waals surface area contributed by atoms with E-state index < -0.39 is 0 Å². The Kier molecular flexibility index (Phi) is 12.0. The average Bonchev–Trinajstić information content (AvgIpc) is 2.83. The third-order valence-electron chi connectivity index (χ3n) is 5.98. The number of benzene rings is 2. The van der Waals surface area contributed by atoms with Crippen LogP contribution >= 0.6 is 12.2 Å². The molecule has 0 bridgehead atoms. The van der Waals surface area contributed by atoms with Crippen molar-refractivity contribution in [3.63, 3.8) is 0 Å². The minimum Gasteiger partial charge on any atom is -0.332 e. The third kappa shape index (κ3) is 10.4. The van der Waals surface area contributed by atoms with Crippen LogP contribution in [0, 0.1) is 0 Å². The second kappa shape index (κ2) is 14.7. The van der Waals surface area contributed by atoms with Gasteiger partial charge in [0.15, 0.2) is 5.11 Å².